The van der Waals surface area contributed by atoms with E-state index in [1.165, 1.54) is 0 Å². The van der Waals surface area contributed by atoms with Crippen LogP contribution in [-0.4, -0.2) is 54.7 Å². The lowest BCUT2D eigenvalue weighted by atomic mass is 10.1. The van der Waals surface area contributed by atoms with E-state index >= 15 is 0 Å². The van der Waals surface area contributed by atoms with Crippen LogP contribution in [0.5, 0.6) is 0 Å². The molecular formula is C12H21N3O2S. The number of hydrogen-bond acceptors (Lipinski definition) is 4. The second-order valence-electron chi connectivity index (χ2n) is 5.04. The summed E-state index contributed by atoms with van der Waals surface area (Å²) in [7, 11) is 0. The van der Waals surface area contributed by atoms with Gasteiger partial charge in [-0.3, -0.25) is 9.69 Å². The van der Waals surface area contributed by atoms with Gasteiger partial charge in [-0.05, 0) is 19.4 Å². The summed E-state index contributed by atoms with van der Waals surface area (Å²) < 4.78 is 5.63. The first-order valence-corrected chi connectivity index (χ1v) is 6.91. The van der Waals surface area contributed by atoms with Crippen LogP contribution in [0.4, 0.5) is 0 Å². The molecule has 6 heteroatoms. The number of hydrogen-bond donors (Lipinski definition) is 2. The predicted octanol–water partition coefficient (Wildman–Crippen LogP) is -0.110. The second-order valence-corrected chi connectivity index (χ2v) is 5.48. The van der Waals surface area contributed by atoms with E-state index in [-0.39, 0.29) is 12.0 Å². The molecule has 0 aromatic carbocycles. The average Bonchev–Trinajstić information content (AvgIpc) is 3.17. The topological polar surface area (TPSA) is 67.6 Å². The lowest BCUT2D eigenvalue weighted by molar-refractivity contribution is -0.125. The van der Waals surface area contributed by atoms with Crippen molar-refractivity contribution in [1.29, 1.82) is 0 Å². The van der Waals surface area contributed by atoms with Crippen LogP contribution >= 0.6 is 12.2 Å². The highest BCUT2D eigenvalue weighted by molar-refractivity contribution is 7.80. The molecule has 2 fully saturated rings. The Kier molecular flexibility index (Phi) is 4.19. The Bertz CT molecular complexity index is 344. The van der Waals surface area contributed by atoms with E-state index in [9.17, 15) is 4.79 Å². The Morgan fingerprint density at radius 1 is 1.61 bits per heavy atom. The standard InChI is InChI=1S/C12H21N3O2S/c1-2-15-5-6-17-9(8-15)7-14-11(16)12(3-4-12)10(13)18/h9H,2-8H2,1H3,(H2,13,18)(H,14,16). The van der Waals surface area contributed by atoms with Crippen molar-refractivity contribution in [2.45, 2.75) is 25.9 Å². The molecule has 1 unspecified atom stereocenters. The molecule has 1 aliphatic heterocycles. The third-order valence-corrected chi connectivity index (χ3v) is 4.21. The van der Waals surface area contributed by atoms with Gasteiger partial charge in [-0.25, -0.2) is 0 Å². The van der Waals surface area contributed by atoms with Gasteiger partial charge in [0.2, 0.25) is 5.91 Å². The zero-order valence-electron chi connectivity index (χ0n) is 10.8. The molecule has 1 amide bonds. The molecule has 2 aliphatic rings. The lowest BCUT2D eigenvalue weighted by Crippen LogP contribution is -2.49. The quantitative estimate of drug-likeness (QED) is 0.683. The molecule has 18 heavy (non-hydrogen) atoms. The van der Waals surface area contributed by atoms with Crippen LogP contribution in [0.2, 0.25) is 0 Å². The minimum Gasteiger partial charge on any atom is -0.392 e. The van der Waals surface area contributed by atoms with Crippen molar-refractivity contribution in [1.82, 2.24) is 10.2 Å². The van der Waals surface area contributed by atoms with Gasteiger partial charge in [0.15, 0.2) is 0 Å². The van der Waals surface area contributed by atoms with Gasteiger partial charge in [0.1, 0.15) is 0 Å². The van der Waals surface area contributed by atoms with Gasteiger partial charge in [-0.15, -0.1) is 0 Å². The van der Waals surface area contributed by atoms with E-state index in [2.05, 4.69) is 17.1 Å². The monoisotopic (exact) mass is 271 g/mol. The van der Waals surface area contributed by atoms with Gasteiger partial charge < -0.3 is 15.8 Å². The lowest BCUT2D eigenvalue weighted by Gasteiger charge is -2.32. The fraction of sp³-hybridized carbons (Fsp3) is 0.833. The first-order valence-electron chi connectivity index (χ1n) is 6.50. The number of carbonyl (C=O) groups is 1. The number of carbonyl (C=O) groups excluding carboxylic acids is 1. The van der Waals surface area contributed by atoms with Crippen molar-refractivity contribution in [2.24, 2.45) is 11.1 Å². The fourth-order valence-electron chi connectivity index (χ4n) is 2.28. The molecular weight excluding hydrogens is 250 g/mol. The molecule has 0 bridgehead atoms. The number of amides is 1. The molecule has 3 N–H and O–H groups in total. The third-order valence-electron chi connectivity index (χ3n) is 3.82. The Morgan fingerprint density at radius 3 is 2.89 bits per heavy atom. The van der Waals surface area contributed by atoms with E-state index in [1.807, 2.05) is 0 Å². The molecule has 1 aliphatic carbocycles. The van der Waals surface area contributed by atoms with Crippen LogP contribution in [0.15, 0.2) is 0 Å². The largest absolute Gasteiger partial charge is 0.392 e. The zero-order valence-corrected chi connectivity index (χ0v) is 11.6. The van der Waals surface area contributed by atoms with Crippen LogP contribution in [0, 0.1) is 5.41 Å². The normalized spacial score (nSPS) is 26.6. The maximum Gasteiger partial charge on any atom is 0.233 e. The van der Waals surface area contributed by atoms with Gasteiger partial charge in [0.25, 0.3) is 0 Å². The molecule has 0 aromatic heterocycles. The average molecular weight is 271 g/mol. The highest BCUT2D eigenvalue weighted by Crippen LogP contribution is 2.46. The van der Waals surface area contributed by atoms with Crippen LogP contribution < -0.4 is 11.1 Å². The van der Waals surface area contributed by atoms with Crippen molar-refractivity contribution < 1.29 is 9.53 Å². The summed E-state index contributed by atoms with van der Waals surface area (Å²) in [6, 6.07) is 0. The summed E-state index contributed by atoms with van der Waals surface area (Å²) >= 11 is 4.96. The minimum atomic E-state index is -0.561. The third kappa shape index (κ3) is 2.81. The molecule has 1 saturated carbocycles. The molecule has 0 aromatic rings. The number of nitrogens with two attached hydrogens (primary N) is 1. The van der Waals surface area contributed by atoms with Crippen LogP contribution in [-0.2, 0) is 9.53 Å². The van der Waals surface area contributed by atoms with Gasteiger partial charge in [-0.1, -0.05) is 19.1 Å². The second kappa shape index (κ2) is 5.50. The summed E-state index contributed by atoms with van der Waals surface area (Å²) in [6.07, 6.45) is 1.63. The Balaban J connectivity index is 1.78. The van der Waals surface area contributed by atoms with Gasteiger partial charge in [-0.2, -0.15) is 0 Å². The number of morpholine rings is 1. The number of thiocarbonyl (C=S) groups is 1. The van der Waals surface area contributed by atoms with Crippen molar-refractivity contribution in [3.8, 4) is 0 Å². The van der Waals surface area contributed by atoms with Gasteiger partial charge in [0.05, 0.1) is 23.1 Å². The summed E-state index contributed by atoms with van der Waals surface area (Å²) in [6.45, 7) is 6.26. The Hall–Kier alpha value is -0.720. The first-order chi connectivity index (χ1) is 8.58. The van der Waals surface area contributed by atoms with Crippen molar-refractivity contribution >= 4 is 23.1 Å². The van der Waals surface area contributed by atoms with Gasteiger partial charge in [0, 0.05) is 19.6 Å². The number of rotatable bonds is 5. The Labute approximate surface area is 113 Å². The SMILES string of the molecule is CCN1CCOC(CNC(=O)C2(C(N)=S)CC2)C1. The molecule has 0 spiro atoms. The maximum absolute atomic E-state index is 12.0. The summed E-state index contributed by atoms with van der Waals surface area (Å²) in [5, 5.41) is 2.92. The van der Waals surface area contributed by atoms with Crippen LogP contribution in [0.3, 0.4) is 0 Å². The van der Waals surface area contributed by atoms with E-state index in [0.717, 1.165) is 39.1 Å². The van der Waals surface area contributed by atoms with Gasteiger partial charge >= 0.3 is 0 Å². The molecule has 1 atom stereocenters. The van der Waals surface area contributed by atoms with E-state index in [4.69, 9.17) is 22.7 Å². The Morgan fingerprint density at radius 2 is 2.33 bits per heavy atom. The predicted molar refractivity (Wildman–Crippen MR) is 73.3 cm³/mol. The van der Waals surface area contributed by atoms with Crippen LogP contribution in [0.25, 0.3) is 0 Å². The number of likely N-dealkylation sites (N-methyl/N-ethyl adjacent to an activating group) is 1. The zero-order chi connectivity index (χ0) is 13.2. The van der Waals surface area contributed by atoms with Crippen LogP contribution in [0.1, 0.15) is 19.8 Å². The summed E-state index contributed by atoms with van der Waals surface area (Å²) in [4.78, 5) is 14.7. The first kappa shape index (κ1) is 13.7. The van der Waals surface area contributed by atoms with E-state index < -0.39 is 5.41 Å². The minimum absolute atomic E-state index is 0.0350. The molecule has 5 nitrogen and oxygen atoms in total. The molecule has 1 saturated heterocycles. The van der Waals surface area contributed by atoms with Crippen molar-refractivity contribution in [3.05, 3.63) is 0 Å². The maximum atomic E-state index is 12.0. The highest BCUT2D eigenvalue weighted by Gasteiger charge is 2.52. The van der Waals surface area contributed by atoms with Crippen molar-refractivity contribution in [2.75, 3.05) is 32.8 Å². The number of nitrogens with one attached hydrogen (secondary N) is 1. The molecule has 1 heterocycles. The molecule has 102 valence electrons. The summed E-state index contributed by atoms with van der Waals surface area (Å²) in [5.74, 6) is -0.0350. The summed E-state index contributed by atoms with van der Waals surface area (Å²) in [5.41, 5.74) is 5.06. The number of ether oxygens (including phenoxy) is 1. The fourth-order valence-corrected chi connectivity index (χ4v) is 2.57. The van der Waals surface area contributed by atoms with Crippen molar-refractivity contribution in [3.63, 3.8) is 0 Å². The van der Waals surface area contributed by atoms with E-state index in [1.54, 1.807) is 0 Å². The van der Waals surface area contributed by atoms with E-state index in [0.29, 0.717) is 11.5 Å². The molecule has 0 radical (unpaired) electrons. The highest BCUT2D eigenvalue weighted by atomic mass is 32.1. The number of nitrogens with zero attached hydrogens (tertiary/aromatic N) is 1. The molecule has 2 rings (SSSR count). The smallest absolute Gasteiger partial charge is 0.233 e.